The molecule has 2 aromatic rings. The van der Waals surface area contributed by atoms with Crippen molar-refractivity contribution in [2.24, 2.45) is 0 Å². The summed E-state index contributed by atoms with van der Waals surface area (Å²) < 4.78 is 0. The predicted octanol–water partition coefficient (Wildman–Crippen LogP) is 2.05. The molecular weight excluding hydrogens is 420 g/mol. The molecule has 1 spiro atoms. The molecule has 8 heteroatoms. The summed E-state index contributed by atoms with van der Waals surface area (Å²) in [6, 6.07) is 15.2. The lowest BCUT2D eigenvalue weighted by molar-refractivity contribution is -0.137. The molecule has 0 saturated carbocycles. The first kappa shape index (κ1) is 21.2. The van der Waals surface area contributed by atoms with Gasteiger partial charge in [0.05, 0.1) is 6.54 Å². The fourth-order valence-corrected chi connectivity index (χ4v) is 5.21. The summed E-state index contributed by atoms with van der Waals surface area (Å²) in [5.74, 6) is -0.317. The largest absolute Gasteiger partial charge is 0.333 e. The van der Waals surface area contributed by atoms with Gasteiger partial charge in [0.15, 0.2) is 0 Å². The van der Waals surface area contributed by atoms with Gasteiger partial charge in [0.25, 0.3) is 5.91 Å². The molecule has 0 unspecified atom stereocenters. The molecule has 5 rings (SSSR count). The van der Waals surface area contributed by atoms with Crippen LogP contribution in [0.15, 0.2) is 48.5 Å². The SMILES string of the molecule is CN1C(=O)NC(=O)[C@@]12Cc1ccc(NC(=O)CN3C[C@@H](c4ccccc4)CCC3=O)cc1C2. The van der Waals surface area contributed by atoms with E-state index in [4.69, 9.17) is 0 Å². The summed E-state index contributed by atoms with van der Waals surface area (Å²) in [4.78, 5) is 52.7. The molecule has 0 aromatic heterocycles. The number of amides is 5. The van der Waals surface area contributed by atoms with Crippen LogP contribution in [0.3, 0.4) is 0 Å². The predicted molar refractivity (Wildman–Crippen MR) is 122 cm³/mol. The van der Waals surface area contributed by atoms with Crippen molar-refractivity contribution < 1.29 is 19.2 Å². The van der Waals surface area contributed by atoms with Crippen molar-refractivity contribution in [1.29, 1.82) is 0 Å². The van der Waals surface area contributed by atoms with E-state index in [9.17, 15) is 19.2 Å². The average Bonchev–Trinajstić information content (AvgIpc) is 3.29. The highest BCUT2D eigenvalue weighted by Crippen LogP contribution is 2.38. The second kappa shape index (κ2) is 8.03. The van der Waals surface area contributed by atoms with E-state index < -0.39 is 5.54 Å². The lowest BCUT2D eigenvalue weighted by Crippen LogP contribution is -2.48. The molecule has 2 aromatic carbocycles. The standard InChI is InChI=1S/C25H26N4O4/c1-28-24(33)27-23(32)25(28)12-17-7-9-20(11-19(17)13-25)26-21(30)15-29-14-18(8-10-22(29)31)16-5-3-2-4-6-16/h2-7,9,11,18H,8,10,12-15H2,1H3,(H,26,30)(H,27,32,33)/t18-,25-/m0/s1. The number of hydrogen-bond donors (Lipinski definition) is 2. The molecule has 5 amide bonds. The van der Waals surface area contributed by atoms with Crippen molar-refractivity contribution in [3.63, 3.8) is 0 Å². The number of imide groups is 1. The third kappa shape index (κ3) is 3.75. The number of fused-ring (bicyclic) bond motifs is 1. The Bertz CT molecular complexity index is 1150. The fourth-order valence-electron chi connectivity index (χ4n) is 5.21. The molecule has 2 aliphatic heterocycles. The number of carbonyl (C=O) groups is 4. The minimum Gasteiger partial charge on any atom is -0.333 e. The van der Waals surface area contributed by atoms with Crippen LogP contribution in [0.1, 0.15) is 35.4 Å². The van der Waals surface area contributed by atoms with E-state index in [2.05, 4.69) is 22.8 Å². The van der Waals surface area contributed by atoms with Crippen LogP contribution in [0.5, 0.6) is 0 Å². The number of benzene rings is 2. The third-order valence-electron chi connectivity index (χ3n) is 7.15. The molecule has 0 bridgehead atoms. The smallest absolute Gasteiger partial charge is 0.324 e. The van der Waals surface area contributed by atoms with Gasteiger partial charge in [0.2, 0.25) is 11.8 Å². The number of likely N-dealkylation sites (N-methyl/N-ethyl adjacent to an activating group) is 1. The van der Waals surface area contributed by atoms with E-state index in [0.29, 0.717) is 31.5 Å². The van der Waals surface area contributed by atoms with Crippen LogP contribution in [0, 0.1) is 0 Å². The van der Waals surface area contributed by atoms with Gasteiger partial charge in [0, 0.05) is 44.5 Å². The number of carbonyl (C=O) groups excluding carboxylic acids is 4. The molecule has 1 aliphatic carbocycles. The second-order valence-electron chi connectivity index (χ2n) is 9.16. The molecular formula is C25H26N4O4. The van der Waals surface area contributed by atoms with Crippen LogP contribution in [0.2, 0.25) is 0 Å². The van der Waals surface area contributed by atoms with Crippen molar-refractivity contribution in [3.05, 3.63) is 65.2 Å². The van der Waals surface area contributed by atoms with Gasteiger partial charge in [-0.2, -0.15) is 0 Å². The number of urea groups is 1. The number of piperidine rings is 1. The molecule has 2 saturated heterocycles. The quantitative estimate of drug-likeness (QED) is 0.703. The maximum Gasteiger partial charge on any atom is 0.324 e. The van der Waals surface area contributed by atoms with Gasteiger partial charge in [-0.1, -0.05) is 36.4 Å². The van der Waals surface area contributed by atoms with Crippen LogP contribution in [-0.4, -0.2) is 59.2 Å². The molecule has 2 atom stereocenters. The number of anilines is 1. The molecule has 8 nitrogen and oxygen atoms in total. The van der Waals surface area contributed by atoms with Crippen molar-refractivity contribution in [1.82, 2.24) is 15.1 Å². The maximum atomic E-state index is 12.7. The molecule has 0 radical (unpaired) electrons. The van der Waals surface area contributed by atoms with Crippen molar-refractivity contribution in [2.45, 2.75) is 37.1 Å². The van der Waals surface area contributed by atoms with E-state index >= 15 is 0 Å². The number of nitrogens with one attached hydrogen (secondary N) is 2. The van der Waals surface area contributed by atoms with Crippen molar-refractivity contribution >= 4 is 29.4 Å². The van der Waals surface area contributed by atoms with E-state index in [1.165, 1.54) is 10.5 Å². The molecule has 3 aliphatic rings. The van der Waals surface area contributed by atoms with Gasteiger partial charge in [-0.15, -0.1) is 0 Å². The van der Waals surface area contributed by atoms with Gasteiger partial charge < -0.3 is 15.1 Å². The summed E-state index contributed by atoms with van der Waals surface area (Å²) in [5.41, 5.74) is 2.83. The molecule has 170 valence electrons. The van der Waals surface area contributed by atoms with Crippen molar-refractivity contribution in [2.75, 3.05) is 25.5 Å². The zero-order chi connectivity index (χ0) is 23.2. The van der Waals surface area contributed by atoms with E-state index in [1.807, 2.05) is 30.3 Å². The Labute approximate surface area is 191 Å². The Morgan fingerprint density at radius 2 is 1.85 bits per heavy atom. The first-order valence-corrected chi connectivity index (χ1v) is 11.2. The van der Waals surface area contributed by atoms with Crippen LogP contribution in [0.25, 0.3) is 0 Å². The zero-order valence-electron chi connectivity index (χ0n) is 18.5. The van der Waals surface area contributed by atoms with Gasteiger partial charge >= 0.3 is 6.03 Å². The molecule has 33 heavy (non-hydrogen) atoms. The fraction of sp³-hybridized carbons (Fsp3) is 0.360. The van der Waals surface area contributed by atoms with Crippen molar-refractivity contribution in [3.8, 4) is 0 Å². The second-order valence-corrected chi connectivity index (χ2v) is 9.16. The minimum atomic E-state index is -0.894. The minimum absolute atomic E-state index is 0.00281. The average molecular weight is 447 g/mol. The zero-order valence-corrected chi connectivity index (χ0v) is 18.5. The van der Waals surface area contributed by atoms with Gasteiger partial charge in [-0.05, 0) is 35.2 Å². The number of likely N-dealkylation sites (tertiary alicyclic amines) is 1. The summed E-state index contributed by atoms with van der Waals surface area (Å²) in [6.45, 7) is 0.529. The Kier molecular flexibility index (Phi) is 5.15. The van der Waals surface area contributed by atoms with Crippen LogP contribution in [0.4, 0.5) is 10.5 Å². The highest BCUT2D eigenvalue weighted by molar-refractivity contribution is 6.07. The highest BCUT2D eigenvalue weighted by Gasteiger charge is 2.54. The first-order chi connectivity index (χ1) is 15.9. The van der Waals surface area contributed by atoms with Gasteiger partial charge in [0.1, 0.15) is 5.54 Å². The van der Waals surface area contributed by atoms with E-state index in [1.54, 1.807) is 18.0 Å². The topological polar surface area (TPSA) is 98.8 Å². The Balaban J connectivity index is 1.24. The number of nitrogens with zero attached hydrogens (tertiary/aromatic N) is 2. The summed E-state index contributed by atoms with van der Waals surface area (Å²) in [5, 5.41) is 5.28. The maximum absolute atomic E-state index is 12.7. The monoisotopic (exact) mass is 446 g/mol. The Morgan fingerprint density at radius 3 is 2.58 bits per heavy atom. The molecule has 2 heterocycles. The summed E-state index contributed by atoms with van der Waals surface area (Å²) in [6.07, 6.45) is 2.08. The summed E-state index contributed by atoms with van der Waals surface area (Å²) >= 11 is 0. The normalized spacial score (nSPS) is 24.3. The molecule has 2 fully saturated rings. The molecule has 2 N–H and O–H groups in total. The van der Waals surface area contributed by atoms with E-state index in [0.717, 1.165) is 17.5 Å². The van der Waals surface area contributed by atoms with Crippen LogP contribution >= 0.6 is 0 Å². The van der Waals surface area contributed by atoms with Gasteiger partial charge in [-0.25, -0.2) is 4.79 Å². The number of rotatable bonds is 4. The lowest BCUT2D eigenvalue weighted by atomic mass is 9.90. The van der Waals surface area contributed by atoms with Crippen LogP contribution in [-0.2, 0) is 27.2 Å². The Hall–Kier alpha value is -3.68. The highest BCUT2D eigenvalue weighted by atomic mass is 16.2. The first-order valence-electron chi connectivity index (χ1n) is 11.2. The van der Waals surface area contributed by atoms with Crippen LogP contribution < -0.4 is 10.6 Å². The van der Waals surface area contributed by atoms with Gasteiger partial charge in [-0.3, -0.25) is 19.7 Å². The van der Waals surface area contributed by atoms with E-state index in [-0.39, 0.29) is 36.2 Å². The number of hydrogen-bond acceptors (Lipinski definition) is 4. The lowest BCUT2D eigenvalue weighted by Gasteiger charge is -2.32. The summed E-state index contributed by atoms with van der Waals surface area (Å²) in [7, 11) is 1.63. The third-order valence-corrected chi connectivity index (χ3v) is 7.15. The Morgan fingerprint density at radius 1 is 1.09 bits per heavy atom.